The van der Waals surface area contributed by atoms with Gasteiger partial charge in [0.05, 0.1) is 37.1 Å². The SMILES string of the molecule is C[C@]12CCC3C(CC=C4C[C@@H](O[C@H]5C[C@@H](O)C[C@@H](CO)O5)CC[C@@]43C)C1CC1OC(CCCCO)CC12. The van der Waals surface area contributed by atoms with E-state index in [1.54, 1.807) is 5.57 Å². The van der Waals surface area contributed by atoms with E-state index in [1.807, 2.05) is 0 Å². The van der Waals surface area contributed by atoms with E-state index in [0.29, 0.717) is 43.0 Å². The summed E-state index contributed by atoms with van der Waals surface area (Å²) in [5.41, 5.74) is 2.29. The van der Waals surface area contributed by atoms with Crippen molar-refractivity contribution in [1.82, 2.24) is 0 Å². The molecule has 6 aliphatic rings. The van der Waals surface area contributed by atoms with E-state index < -0.39 is 12.4 Å². The highest BCUT2D eigenvalue weighted by molar-refractivity contribution is 5.26. The zero-order valence-corrected chi connectivity index (χ0v) is 23.0. The molecular formula is C31H50O6. The number of aliphatic hydroxyl groups is 3. The molecule has 2 heterocycles. The summed E-state index contributed by atoms with van der Waals surface area (Å²) in [6, 6.07) is 0. The smallest absolute Gasteiger partial charge is 0.160 e. The van der Waals surface area contributed by atoms with Crippen molar-refractivity contribution in [3.63, 3.8) is 0 Å². The van der Waals surface area contributed by atoms with Gasteiger partial charge in [-0.05, 0) is 105 Å². The fourth-order valence-corrected chi connectivity index (χ4v) is 10.0. The van der Waals surface area contributed by atoms with Gasteiger partial charge in [0.15, 0.2) is 6.29 Å². The highest BCUT2D eigenvalue weighted by atomic mass is 16.7. The van der Waals surface area contributed by atoms with Gasteiger partial charge in [0.1, 0.15) is 0 Å². The molecule has 3 N–H and O–H groups in total. The molecule has 3 saturated carbocycles. The summed E-state index contributed by atoms with van der Waals surface area (Å²) in [6.45, 7) is 5.37. The van der Waals surface area contributed by atoms with Crippen LogP contribution in [-0.2, 0) is 14.2 Å². The molecule has 0 aromatic rings. The molecule has 12 atom stereocenters. The van der Waals surface area contributed by atoms with Crippen LogP contribution in [-0.4, -0.2) is 65.3 Å². The Labute approximate surface area is 223 Å². The topological polar surface area (TPSA) is 88.4 Å². The third-order valence-corrected chi connectivity index (χ3v) is 12.0. The number of hydrogen-bond donors (Lipinski definition) is 3. The Morgan fingerprint density at radius 2 is 1.81 bits per heavy atom. The van der Waals surface area contributed by atoms with Gasteiger partial charge in [-0.1, -0.05) is 25.5 Å². The molecule has 0 aromatic heterocycles. The largest absolute Gasteiger partial charge is 0.396 e. The zero-order chi connectivity index (χ0) is 25.8. The molecule has 210 valence electrons. The summed E-state index contributed by atoms with van der Waals surface area (Å²) >= 11 is 0. The molecule has 6 rings (SSSR count). The summed E-state index contributed by atoms with van der Waals surface area (Å²) in [7, 11) is 0. The Morgan fingerprint density at radius 1 is 0.946 bits per heavy atom. The van der Waals surface area contributed by atoms with Crippen LogP contribution < -0.4 is 0 Å². The van der Waals surface area contributed by atoms with Crippen LogP contribution in [0.25, 0.3) is 0 Å². The lowest BCUT2D eigenvalue weighted by atomic mass is 9.47. The number of rotatable bonds is 7. The Hall–Kier alpha value is -0.500. The predicted octanol–water partition coefficient (Wildman–Crippen LogP) is 4.74. The fraction of sp³-hybridized carbons (Fsp3) is 0.935. The van der Waals surface area contributed by atoms with Gasteiger partial charge in [0, 0.05) is 19.4 Å². The molecule has 0 amide bonds. The quantitative estimate of drug-likeness (QED) is 0.333. The maximum atomic E-state index is 10.2. The van der Waals surface area contributed by atoms with Crippen molar-refractivity contribution in [2.45, 2.75) is 134 Å². The maximum Gasteiger partial charge on any atom is 0.160 e. The minimum Gasteiger partial charge on any atom is -0.396 e. The second kappa shape index (κ2) is 10.5. The van der Waals surface area contributed by atoms with Gasteiger partial charge in [0.2, 0.25) is 0 Å². The lowest BCUT2D eigenvalue weighted by molar-refractivity contribution is -0.242. The van der Waals surface area contributed by atoms with Crippen LogP contribution >= 0.6 is 0 Å². The highest BCUT2D eigenvalue weighted by Gasteiger charge is 2.63. The first-order valence-electron chi connectivity index (χ1n) is 15.4. The first kappa shape index (κ1) is 26.7. The molecule has 2 aliphatic heterocycles. The molecule has 2 saturated heterocycles. The summed E-state index contributed by atoms with van der Waals surface area (Å²) in [5.74, 6) is 3.02. The van der Waals surface area contributed by atoms with Crippen LogP contribution in [0.2, 0.25) is 0 Å². The Kier molecular flexibility index (Phi) is 7.56. The number of allylic oxidation sites excluding steroid dienone is 1. The second-order valence-corrected chi connectivity index (χ2v) is 13.9. The van der Waals surface area contributed by atoms with E-state index in [9.17, 15) is 10.2 Å². The third kappa shape index (κ3) is 4.76. The second-order valence-electron chi connectivity index (χ2n) is 13.9. The van der Waals surface area contributed by atoms with Crippen LogP contribution in [0, 0.1) is 34.5 Å². The summed E-state index contributed by atoms with van der Waals surface area (Å²) in [6.07, 6.45) is 16.0. The molecule has 4 aliphatic carbocycles. The van der Waals surface area contributed by atoms with Crippen molar-refractivity contribution in [1.29, 1.82) is 0 Å². The molecule has 6 unspecified atom stereocenters. The van der Waals surface area contributed by atoms with Crippen molar-refractivity contribution < 1.29 is 29.5 Å². The molecule has 6 heteroatoms. The molecule has 0 radical (unpaired) electrons. The van der Waals surface area contributed by atoms with E-state index in [0.717, 1.165) is 49.9 Å². The number of hydrogen-bond acceptors (Lipinski definition) is 6. The molecule has 5 fully saturated rings. The first-order valence-corrected chi connectivity index (χ1v) is 15.4. The fourth-order valence-electron chi connectivity index (χ4n) is 10.0. The van der Waals surface area contributed by atoms with E-state index in [-0.39, 0.29) is 24.2 Å². The van der Waals surface area contributed by atoms with Crippen LogP contribution in [0.4, 0.5) is 0 Å². The van der Waals surface area contributed by atoms with Crippen LogP contribution in [0.5, 0.6) is 0 Å². The summed E-state index contributed by atoms with van der Waals surface area (Å²) in [4.78, 5) is 0. The number of aliphatic hydroxyl groups excluding tert-OH is 3. The monoisotopic (exact) mass is 518 g/mol. The lowest BCUT2D eigenvalue weighted by Gasteiger charge is -2.58. The van der Waals surface area contributed by atoms with Gasteiger partial charge in [-0.2, -0.15) is 0 Å². The van der Waals surface area contributed by atoms with Crippen LogP contribution in [0.3, 0.4) is 0 Å². The normalized spacial score (nSPS) is 51.1. The maximum absolute atomic E-state index is 10.2. The Bertz CT molecular complexity index is 846. The standard InChI is InChI=1S/C31H50O6/c1-30-10-8-22(36-29-15-20(34)14-23(18-33)37-29)13-19(30)6-7-24-25(30)9-11-31(2)26(24)17-28-27(31)16-21(35-28)5-3-4-12-32/h6,20-29,32-34H,3-5,7-18H2,1-2H3/t20-,21?,22-,23-,24?,25?,26?,27?,28?,29+,30-,31-/m0/s1. The average Bonchev–Trinajstić information content (AvgIpc) is 3.40. The van der Waals surface area contributed by atoms with E-state index in [4.69, 9.17) is 19.3 Å². The van der Waals surface area contributed by atoms with Gasteiger partial charge in [0.25, 0.3) is 0 Å². The van der Waals surface area contributed by atoms with Crippen molar-refractivity contribution in [3.8, 4) is 0 Å². The zero-order valence-electron chi connectivity index (χ0n) is 23.0. The Balaban J connectivity index is 1.11. The van der Waals surface area contributed by atoms with E-state index in [2.05, 4.69) is 19.9 Å². The van der Waals surface area contributed by atoms with Gasteiger partial charge < -0.3 is 29.5 Å². The molecule has 37 heavy (non-hydrogen) atoms. The van der Waals surface area contributed by atoms with Crippen molar-refractivity contribution >= 4 is 0 Å². The first-order chi connectivity index (χ1) is 17.8. The number of ether oxygens (including phenoxy) is 3. The van der Waals surface area contributed by atoms with E-state index >= 15 is 0 Å². The molecule has 0 bridgehead atoms. The van der Waals surface area contributed by atoms with Crippen LogP contribution in [0.15, 0.2) is 11.6 Å². The minimum atomic E-state index is -0.457. The minimum absolute atomic E-state index is 0.0644. The van der Waals surface area contributed by atoms with Crippen molar-refractivity contribution in [2.24, 2.45) is 34.5 Å². The molecular weight excluding hydrogens is 468 g/mol. The predicted molar refractivity (Wildman–Crippen MR) is 141 cm³/mol. The van der Waals surface area contributed by atoms with Crippen molar-refractivity contribution in [3.05, 3.63) is 11.6 Å². The van der Waals surface area contributed by atoms with Gasteiger partial charge in [-0.3, -0.25) is 0 Å². The van der Waals surface area contributed by atoms with Gasteiger partial charge >= 0.3 is 0 Å². The molecule has 0 aromatic carbocycles. The average molecular weight is 519 g/mol. The van der Waals surface area contributed by atoms with Gasteiger partial charge in [-0.15, -0.1) is 0 Å². The van der Waals surface area contributed by atoms with Crippen molar-refractivity contribution in [2.75, 3.05) is 13.2 Å². The van der Waals surface area contributed by atoms with Crippen LogP contribution in [0.1, 0.15) is 97.3 Å². The highest BCUT2D eigenvalue weighted by Crippen LogP contribution is 2.68. The lowest BCUT2D eigenvalue weighted by Crippen LogP contribution is -2.51. The number of fused-ring (bicyclic) bond motifs is 7. The summed E-state index contributed by atoms with van der Waals surface area (Å²) in [5, 5.41) is 28.8. The third-order valence-electron chi connectivity index (χ3n) is 12.0. The molecule has 6 nitrogen and oxygen atoms in total. The van der Waals surface area contributed by atoms with Gasteiger partial charge in [-0.25, -0.2) is 0 Å². The van der Waals surface area contributed by atoms with E-state index in [1.165, 1.54) is 38.5 Å². The molecule has 0 spiro atoms. The summed E-state index contributed by atoms with van der Waals surface area (Å²) < 4.78 is 18.9. The Morgan fingerprint density at radius 3 is 2.62 bits per heavy atom. The number of unbranched alkanes of at least 4 members (excludes halogenated alkanes) is 1.